The van der Waals surface area contributed by atoms with Crippen LogP contribution in [-0.4, -0.2) is 34.5 Å². The summed E-state index contributed by atoms with van der Waals surface area (Å²) in [4.78, 5) is 45.1. The molecule has 0 bridgehead atoms. The zero-order valence-corrected chi connectivity index (χ0v) is 12.6. The van der Waals surface area contributed by atoms with Gasteiger partial charge in [0.05, 0.1) is 4.92 Å². The summed E-state index contributed by atoms with van der Waals surface area (Å²) in [6.07, 6.45) is -0.980. The van der Waals surface area contributed by atoms with E-state index in [0.717, 1.165) is 0 Å². The summed E-state index contributed by atoms with van der Waals surface area (Å²) < 4.78 is 4.96. The number of hydrazone groups is 1. The van der Waals surface area contributed by atoms with Gasteiger partial charge >= 0.3 is 5.97 Å². The summed E-state index contributed by atoms with van der Waals surface area (Å²) in [5.74, 6) is -1.87. The number of carbonyl (C=O) groups excluding carboxylic acids is 3. The topological polar surface area (TPSA) is 140 Å². The van der Waals surface area contributed by atoms with Crippen LogP contribution in [0.2, 0.25) is 0 Å². The second-order valence-corrected chi connectivity index (χ2v) is 4.90. The molecule has 10 nitrogen and oxygen atoms in total. The number of nitro groups is 1. The van der Waals surface area contributed by atoms with E-state index >= 15 is 0 Å². The molecule has 0 spiro atoms. The van der Waals surface area contributed by atoms with Crippen molar-refractivity contribution in [2.45, 2.75) is 25.9 Å². The third kappa shape index (κ3) is 4.12. The molecule has 0 fully saturated rings. The van der Waals surface area contributed by atoms with E-state index in [2.05, 4.69) is 15.8 Å². The SMILES string of the molecule is CC(OC(=O)C1=NNC(=O)CC1)C(=O)Nc1ccccc1[N+](=O)[O-]. The molecule has 1 aliphatic heterocycles. The minimum Gasteiger partial charge on any atom is -0.448 e. The number of esters is 1. The van der Waals surface area contributed by atoms with Crippen molar-refractivity contribution in [3.63, 3.8) is 0 Å². The Labute approximate surface area is 136 Å². The summed E-state index contributed by atoms with van der Waals surface area (Å²) >= 11 is 0. The number of nitro benzene ring substituents is 1. The van der Waals surface area contributed by atoms with Crippen LogP contribution in [0, 0.1) is 10.1 Å². The zero-order chi connectivity index (χ0) is 17.7. The van der Waals surface area contributed by atoms with Crippen LogP contribution in [0.5, 0.6) is 0 Å². The Morgan fingerprint density at radius 1 is 1.38 bits per heavy atom. The molecule has 10 heteroatoms. The van der Waals surface area contributed by atoms with Crippen LogP contribution in [0.1, 0.15) is 19.8 Å². The summed E-state index contributed by atoms with van der Waals surface area (Å²) in [7, 11) is 0. The predicted octanol–water partition coefficient (Wildman–Crippen LogP) is 0.731. The van der Waals surface area contributed by atoms with Gasteiger partial charge in [-0.05, 0) is 13.0 Å². The third-order valence-corrected chi connectivity index (χ3v) is 3.15. The van der Waals surface area contributed by atoms with Crippen LogP contribution < -0.4 is 10.7 Å². The van der Waals surface area contributed by atoms with Crippen LogP contribution in [0.25, 0.3) is 0 Å². The summed E-state index contributed by atoms with van der Waals surface area (Å²) in [6.45, 7) is 1.32. The zero-order valence-electron chi connectivity index (χ0n) is 12.6. The van der Waals surface area contributed by atoms with Gasteiger partial charge < -0.3 is 10.1 Å². The first-order valence-corrected chi connectivity index (χ1v) is 6.99. The molecule has 2 N–H and O–H groups in total. The lowest BCUT2D eigenvalue weighted by Gasteiger charge is -2.15. The minimum absolute atomic E-state index is 0.0000540. The molecule has 0 aromatic heterocycles. The van der Waals surface area contributed by atoms with Crippen molar-refractivity contribution in [1.82, 2.24) is 5.43 Å². The smallest absolute Gasteiger partial charge is 0.355 e. The Bertz CT molecular complexity index is 730. The van der Waals surface area contributed by atoms with Gasteiger partial charge in [-0.15, -0.1) is 0 Å². The molecule has 126 valence electrons. The predicted molar refractivity (Wildman–Crippen MR) is 82.1 cm³/mol. The van der Waals surface area contributed by atoms with Gasteiger partial charge in [0.1, 0.15) is 11.4 Å². The first-order valence-electron chi connectivity index (χ1n) is 6.99. The van der Waals surface area contributed by atoms with Gasteiger partial charge in [0.2, 0.25) is 5.91 Å². The average Bonchev–Trinajstić information content (AvgIpc) is 2.55. The number of benzene rings is 1. The van der Waals surface area contributed by atoms with Gasteiger partial charge in [-0.25, -0.2) is 10.2 Å². The fourth-order valence-corrected chi connectivity index (χ4v) is 1.88. The Balaban J connectivity index is 1.99. The number of amides is 2. The van der Waals surface area contributed by atoms with Crippen molar-refractivity contribution in [3.05, 3.63) is 34.4 Å². The Morgan fingerprint density at radius 3 is 2.71 bits per heavy atom. The van der Waals surface area contributed by atoms with Gasteiger partial charge in [-0.3, -0.25) is 19.7 Å². The van der Waals surface area contributed by atoms with E-state index in [1.165, 1.54) is 31.2 Å². The van der Waals surface area contributed by atoms with E-state index in [4.69, 9.17) is 4.74 Å². The molecule has 0 aliphatic carbocycles. The lowest BCUT2D eigenvalue weighted by molar-refractivity contribution is -0.383. The van der Waals surface area contributed by atoms with E-state index in [1.54, 1.807) is 0 Å². The Kier molecular flexibility index (Phi) is 5.20. The fraction of sp³-hybridized carbons (Fsp3) is 0.286. The fourth-order valence-electron chi connectivity index (χ4n) is 1.88. The lowest BCUT2D eigenvalue weighted by Crippen LogP contribution is -2.35. The number of para-hydroxylation sites is 2. The van der Waals surface area contributed by atoms with Crippen LogP contribution in [-0.2, 0) is 19.1 Å². The maximum Gasteiger partial charge on any atom is 0.355 e. The number of hydrogen-bond donors (Lipinski definition) is 2. The molecule has 1 aromatic rings. The Hall–Kier alpha value is -3.30. The molecule has 1 aromatic carbocycles. The average molecular weight is 334 g/mol. The highest BCUT2D eigenvalue weighted by Crippen LogP contribution is 2.23. The molecule has 2 rings (SSSR count). The number of nitrogens with one attached hydrogen (secondary N) is 2. The van der Waals surface area contributed by atoms with Crippen molar-refractivity contribution in [2.75, 3.05) is 5.32 Å². The molecule has 1 heterocycles. The lowest BCUT2D eigenvalue weighted by atomic mass is 10.2. The monoisotopic (exact) mass is 334 g/mol. The number of ether oxygens (including phenoxy) is 1. The number of rotatable bonds is 5. The molecule has 1 aliphatic rings. The van der Waals surface area contributed by atoms with Gasteiger partial charge in [0.15, 0.2) is 6.10 Å². The first-order chi connectivity index (χ1) is 11.4. The molecule has 1 unspecified atom stereocenters. The first kappa shape index (κ1) is 17.1. The second-order valence-electron chi connectivity index (χ2n) is 4.90. The van der Waals surface area contributed by atoms with Crippen molar-refractivity contribution >= 4 is 34.9 Å². The molecule has 1 atom stereocenters. The largest absolute Gasteiger partial charge is 0.448 e. The van der Waals surface area contributed by atoms with Crippen molar-refractivity contribution in [3.8, 4) is 0 Å². The van der Waals surface area contributed by atoms with Gasteiger partial charge in [0.25, 0.3) is 11.6 Å². The number of carbonyl (C=O) groups is 3. The number of anilines is 1. The summed E-state index contributed by atoms with van der Waals surface area (Å²) in [5, 5.41) is 16.8. The molecule has 0 saturated heterocycles. The van der Waals surface area contributed by atoms with Crippen LogP contribution in [0.3, 0.4) is 0 Å². The van der Waals surface area contributed by atoms with Crippen molar-refractivity contribution < 1.29 is 24.0 Å². The minimum atomic E-state index is -1.20. The summed E-state index contributed by atoms with van der Waals surface area (Å²) in [5.41, 5.74) is 1.87. The second kappa shape index (κ2) is 7.31. The third-order valence-electron chi connectivity index (χ3n) is 3.15. The van der Waals surface area contributed by atoms with Crippen LogP contribution in [0.15, 0.2) is 29.4 Å². The standard InChI is InChI=1S/C14H14N4O6/c1-8(24-14(21)10-6-7-12(19)17-16-10)13(20)15-9-4-2-3-5-11(9)18(22)23/h2-5,8H,6-7H2,1H3,(H,15,20)(H,17,19). The quantitative estimate of drug-likeness (QED) is 0.462. The highest BCUT2D eigenvalue weighted by atomic mass is 16.6. The van der Waals surface area contributed by atoms with Crippen molar-refractivity contribution in [1.29, 1.82) is 0 Å². The van der Waals surface area contributed by atoms with Crippen LogP contribution >= 0.6 is 0 Å². The van der Waals surface area contributed by atoms with Gasteiger partial charge in [-0.2, -0.15) is 5.10 Å². The maximum atomic E-state index is 12.0. The molecule has 0 saturated carbocycles. The van der Waals surface area contributed by atoms with Gasteiger partial charge in [-0.1, -0.05) is 12.1 Å². The van der Waals surface area contributed by atoms with Crippen LogP contribution in [0.4, 0.5) is 11.4 Å². The number of hydrogen-bond acceptors (Lipinski definition) is 7. The normalized spacial score (nSPS) is 14.9. The molecule has 0 radical (unpaired) electrons. The van der Waals surface area contributed by atoms with E-state index in [1.807, 2.05) is 0 Å². The maximum absolute atomic E-state index is 12.0. The molecule has 24 heavy (non-hydrogen) atoms. The molecule has 2 amide bonds. The number of nitrogens with zero attached hydrogens (tertiary/aromatic N) is 2. The van der Waals surface area contributed by atoms with E-state index in [-0.39, 0.29) is 35.8 Å². The van der Waals surface area contributed by atoms with Gasteiger partial charge in [0, 0.05) is 18.9 Å². The van der Waals surface area contributed by atoms with E-state index in [9.17, 15) is 24.5 Å². The highest BCUT2D eigenvalue weighted by molar-refractivity contribution is 6.37. The highest BCUT2D eigenvalue weighted by Gasteiger charge is 2.25. The molecular weight excluding hydrogens is 320 g/mol. The molecular formula is C14H14N4O6. The van der Waals surface area contributed by atoms with E-state index in [0.29, 0.717) is 0 Å². The van der Waals surface area contributed by atoms with E-state index < -0.39 is 22.9 Å². The van der Waals surface area contributed by atoms with Crippen molar-refractivity contribution in [2.24, 2.45) is 5.10 Å². The summed E-state index contributed by atoms with van der Waals surface area (Å²) in [6, 6.07) is 5.60. The Morgan fingerprint density at radius 2 is 2.08 bits per heavy atom.